The molecule has 9 nitrogen and oxygen atoms in total. The summed E-state index contributed by atoms with van der Waals surface area (Å²) < 4.78 is 38.7. The van der Waals surface area contributed by atoms with Gasteiger partial charge in [0.25, 0.3) is 5.91 Å². The molecule has 228 valence electrons. The summed E-state index contributed by atoms with van der Waals surface area (Å²) in [4.78, 5) is 31.9. The molecule has 0 spiro atoms. The van der Waals surface area contributed by atoms with Gasteiger partial charge in [0, 0.05) is 38.3 Å². The standard InChI is InChI=1S/C33H33F2N5O4/c1-43-29-14-10-24(20-30(29)44-2)28-13-15-31(37-36-28)38-16-5-17-39(19-18-38)32(41)22-40(21-23-8-11-25(34)12-9-23)33(42)26-6-3-4-7-27(26)35/h3-4,6-15,20H,5,16-19,21-22H2,1-2H3. The molecule has 44 heavy (non-hydrogen) atoms. The average Bonchev–Trinajstić information content (AvgIpc) is 3.32. The minimum Gasteiger partial charge on any atom is -0.493 e. The minimum atomic E-state index is -0.669. The maximum atomic E-state index is 14.5. The summed E-state index contributed by atoms with van der Waals surface area (Å²) in [6.07, 6.45) is 0.685. The molecule has 4 aromatic rings. The molecule has 0 N–H and O–H groups in total. The van der Waals surface area contributed by atoms with Gasteiger partial charge in [-0.1, -0.05) is 24.3 Å². The topological polar surface area (TPSA) is 88.1 Å². The Labute approximate surface area is 254 Å². The summed E-state index contributed by atoms with van der Waals surface area (Å²) in [6, 6.07) is 20.7. The van der Waals surface area contributed by atoms with Gasteiger partial charge in [-0.3, -0.25) is 9.59 Å². The number of nitrogens with zero attached hydrogens (tertiary/aromatic N) is 5. The second-order valence-electron chi connectivity index (χ2n) is 10.3. The Balaban J connectivity index is 1.25. The van der Waals surface area contributed by atoms with Crippen LogP contribution in [0.25, 0.3) is 11.3 Å². The summed E-state index contributed by atoms with van der Waals surface area (Å²) in [5.41, 5.74) is 2.02. The second kappa shape index (κ2) is 13.9. The molecule has 0 saturated carbocycles. The maximum Gasteiger partial charge on any atom is 0.257 e. The Bertz CT molecular complexity index is 1600. The van der Waals surface area contributed by atoms with E-state index in [1.54, 1.807) is 37.3 Å². The molecule has 0 aliphatic carbocycles. The van der Waals surface area contributed by atoms with Gasteiger partial charge in [-0.2, -0.15) is 0 Å². The Morgan fingerprint density at radius 1 is 0.841 bits per heavy atom. The van der Waals surface area contributed by atoms with E-state index in [0.29, 0.717) is 61.2 Å². The molecule has 1 saturated heterocycles. The van der Waals surface area contributed by atoms with Crippen LogP contribution in [0.5, 0.6) is 11.5 Å². The lowest BCUT2D eigenvalue weighted by Gasteiger charge is -2.27. The smallest absolute Gasteiger partial charge is 0.257 e. The van der Waals surface area contributed by atoms with E-state index in [1.807, 2.05) is 30.3 Å². The molecular weight excluding hydrogens is 568 g/mol. The number of halogens is 2. The van der Waals surface area contributed by atoms with Crippen LogP contribution in [0.3, 0.4) is 0 Å². The molecular formula is C33H33F2N5O4. The number of rotatable bonds is 9. The molecule has 11 heteroatoms. The van der Waals surface area contributed by atoms with E-state index in [4.69, 9.17) is 9.47 Å². The Morgan fingerprint density at radius 3 is 2.32 bits per heavy atom. The van der Waals surface area contributed by atoms with Gasteiger partial charge >= 0.3 is 0 Å². The first-order valence-corrected chi connectivity index (χ1v) is 14.2. The number of ether oxygens (including phenoxy) is 2. The fourth-order valence-corrected chi connectivity index (χ4v) is 5.12. The van der Waals surface area contributed by atoms with E-state index in [0.717, 1.165) is 5.56 Å². The van der Waals surface area contributed by atoms with Gasteiger partial charge in [0.15, 0.2) is 17.3 Å². The van der Waals surface area contributed by atoms with Gasteiger partial charge in [-0.05, 0) is 66.6 Å². The highest BCUT2D eigenvalue weighted by molar-refractivity contribution is 5.96. The molecule has 5 rings (SSSR count). The van der Waals surface area contributed by atoms with Crippen LogP contribution in [0.1, 0.15) is 22.3 Å². The number of amides is 2. The number of anilines is 1. The van der Waals surface area contributed by atoms with Crippen LogP contribution >= 0.6 is 0 Å². The van der Waals surface area contributed by atoms with Gasteiger partial charge in [0.1, 0.15) is 18.2 Å². The number of hydrogen-bond acceptors (Lipinski definition) is 7. The Hall–Kier alpha value is -5.06. The summed E-state index contributed by atoms with van der Waals surface area (Å²) in [6.45, 7) is 1.88. The maximum absolute atomic E-state index is 14.5. The number of aromatic nitrogens is 2. The fourth-order valence-electron chi connectivity index (χ4n) is 5.12. The van der Waals surface area contributed by atoms with Gasteiger partial charge in [0.05, 0.1) is 25.5 Å². The van der Waals surface area contributed by atoms with Crippen molar-refractivity contribution in [2.75, 3.05) is 51.8 Å². The van der Waals surface area contributed by atoms with Gasteiger partial charge in [-0.25, -0.2) is 8.78 Å². The van der Waals surface area contributed by atoms with Crippen molar-refractivity contribution in [3.63, 3.8) is 0 Å². The molecule has 1 aliphatic rings. The van der Waals surface area contributed by atoms with E-state index in [9.17, 15) is 18.4 Å². The highest BCUT2D eigenvalue weighted by Crippen LogP contribution is 2.31. The van der Waals surface area contributed by atoms with Crippen molar-refractivity contribution in [1.82, 2.24) is 20.0 Å². The van der Waals surface area contributed by atoms with E-state index in [-0.39, 0.29) is 24.6 Å². The third-order valence-electron chi connectivity index (χ3n) is 7.51. The molecule has 2 heterocycles. The van der Waals surface area contributed by atoms with Crippen molar-refractivity contribution in [3.8, 4) is 22.8 Å². The average molecular weight is 602 g/mol. The normalized spacial score (nSPS) is 13.3. The summed E-state index contributed by atoms with van der Waals surface area (Å²) in [7, 11) is 3.16. The minimum absolute atomic E-state index is 0.0289. The number of carbonyl (C=O) groups excluding carboxylic acids is 2. The predicted molar refractivity (Wildman–Crippen MR) is 162 cm³/mol. The molecule has 1 fully saturated rings. The molecule has 3 aromatic carbocycles. The van der Waals surface area contributed by atoms with Crippen LogP contribution in [0.15, 0.2) is 78.9 Å². The van der Waals surface area contributed by atoms with Crippen LogP contribution < -0.4 is 14.4 Å². The Kier molecular flexibility index (Phi) is 9.63. The molecule has 0 atom stereocenters. The van der Waals surface area contributed by atoms with Crippen molar-refractivity contribution in [3.05, 3.63) is 102 Å². The molecule has 0 radical (unpaired) electrons. The van der Waals surface area contributed by atoms with Gasteiger partial charge < -0.3 is 24.2 Å². The van der Waals surface area contributed by atoms with E-state index in [1.165, 1.54) is 35.2 Å². The van der Waals surface area contributed by atoms with Crippen molar-refractivity contribution in [1.29, 1.82) is 0 Å². The molecule has 2 amide bonds. The SMILES string of the molecule is COc1ccc(-c2ccc(N3CCCN(C(=O)CN(Cc4ccc(F)cc4)C(=O)c4ccccc4F)CC3)nn2)cc1OC. The van der Waals surface area contributed by atoms with Crippen LogP contribution in [0, 0.1) is 11.6 Å². The predicted octanol–water partition coefficient (Wildman–Crippen LogP) is 4.82. The zero-order valence-corrected chi connectivity index (χ0v) is 24.6. The Morgan fingerprint density at radius 2 is 1.61 bits per heavy atom. The lowest BCUT2D eigenvalue weighted by atomic mass is 10.1. The zero-order valence-electron chi connectivity index (χ0n) is 24.6. The van der Waals surface area contributed by atoms with Crippen LogP contribution in [-0.2, 0) is 11.3 Å². The highest BCUT2D eigenvalue weighted by Gasteiger charge is 2.26. The molecule has 0 unspecified atom stereocenters. The second-order valence-corrected chi connectivity index (χ2v) is 10.3. The third-order valence-corrected chi connectivity index (χ3v) is 7.51. The first-order valence-electron chi connectivity index (χ1n) is 14.2. The van der Waals surface area contributed by atoms with E-state index < -0.39 is 17.5 Å². The van der Waals surface area contributed by atoms with Crippen molar-refractivity contribution in [2.24, 2.45) is 0 Å². The fraction of sp³-hybridized carbons (Fsp3) is 0.273. The van der Waals surface area contributed by atoms with Crippen LogP contribution in [0.4, 0.5) is 14.6 Å². The molecule has 1 aromatic heterocycles. The number of carbonyl (C=O) groups is 2. The molecule has 0 bridgehead atoms. The zero-order chi connectivity index (χ0) is 31.1. The third kappa shape index (κ3) is 7.11. The summed E-state index contributed by atoms with van der Waals surface area (Å²) in [5.74, 6) is -0.0320. The lowest BCUT2D eigenvalue weighted by molar-refractivity contribution is -0.131. The van der Waals surface area contributed by atoms with E-state index in [2.05, 4.69) is 15.1 Å². The van der Waals surface area contributed by atoms with Crippen molar-refractivity contribution >= 4 is 17.6 Å². The van der Waals surface area contributed by atoms with Crippen LogP contribution in [0.2, 0.25) is 0 Å². The summed E-state index contributed by atoms with van der Waals surface area (Å²) in [5, 5.41) is 8.85. The molecule has 1 aliphatic heterocycles. The first kappa shape index (κ1) is 30.4. The number of methoxy groups -OCH3 is 2. The van der Waals surface area contributed by atoms with Crippen molar-refractivity contribution in [2.45, 2.75) is 13.0 Å². The van der Waals surface area contributed by atoms with Gasteiger partial charge in [0.2, 0.25) is 5.91 Å². The first-order chi connectivity index (χ1) is 21.4. The highest BCUT2D eigenvalue weighted by atomic mass is 19.1. The number of benzene rings is 3. The largest absolute Gasteiger partial charge is 0.493 e. The van der Waals surface area contributed by atoms with Crippen molar-refractivity contribution < 1.29 is 27.8 Å². The lowest BCUT2D eigenvalue weighted by Crippen LogP contribution is -2.44. The number of hydrogen-bond donors (Lipinski definition) is 0. The van der Waals surface area contributed by atoms with E-state index >= 15 is 0 Å². The van der Waals surface area contributed by atoms with Gasteiger partial charge in [-0.15, -0.1) is 10.2 Å². The quantitative estimate of drug-likeness (QED) is 0.272. The monoisotopic (exact) mass is 601 g/mol. The summed E-state index contributed by atoms with van der Waals surface area (Å²) >= 11 is 0. The van der Waals surface area contributed by atoms with Crippen LogP contribution in [-0.4, -0.2) is 78.8 Å².